The molecule has 1 N–H and O–H groups in total. The Morgan fingerprint density at radius 2 is 2.29 bits per heavy atom. The van der Waals surface area contributed by atoms with E-state index in [0.29, 0.717) is 6.04 Å². The van der Waals surface area contributed by atoms with E-state index in [-0.39, 0.29) is 5.69 Å². The van der Waals surface area contributed by atoms with Gasteiger partial charge >= 0.3 is 5.97 Å². The molecule has 0 saturated heterocycles. The van der Waals surface area contributed by atoms with Crippen molar-refractivity contribution in [3.63, 3.8) is 0 Å². The fourth-order valence-corrected chi connectivity index (χ4v) is 1.39. The van der Waals surface area contributed by atoms with Crippen molar-refractivity contribution in [1.82, 2.24) is 4.98 Å². The van der Waals surface area contributed by atoms with Crippen LogP contribution in [0, 0.1) is 0 Å². The maximum atomic E-state index is 10.7. The van der Waals surface area contributed by atoms with Gasteiger partial charge in [-0.3, -0.25) is 0 Å². The first-order valence-corrected chi connectivity index (χ1v) is 4.61. The summed E-state index contributed by atoms with van der Waals surface area (Å²) in [5.41, 5.74) is 0.106. The van der Waals surface area contributed by atoms with Gasteiger partial charge in [0.1, 0.15) is 5.82 Å². The van der Waals surface area contributed by atoms with Gasteiger partial charge in [0.15, 0.2) is 5.69 Å². The van der Waals surface area contributed by atoms with Crippen molar-refractivity contribution in [2.24, 2.45) is 0 Å². The standard InChI is InChI=1S/C10H12N2O2/c1-12(7-5-6-7)9-4-2-3-8(11-9)10(13)14/h2-4,7H,5-6H2,1H3,(H,13,14). The topological polar surface area (TPSA) is 53.4 Å². The van der Waals surface area contributed by atoms with Crippen LogP contribution in [0.4, 0.5) is 5.82 Å². The fraction of sp³-hybridized carbons (Fsp3) is 0.400. The zero-order valence-electron chi connectivity index (χ0n) is 7.97. The SMILES string of the molecule is CN(c1cccc(C(=O)O)n1)C1CC1. The summed E-state index contributed by atoms with van der Waals surface area (Å²) in [4.78, 5) is 16.8. The van der Waals surface area contributed by atoms with Crippen molar-refractivity contribution < 1.29 is 9.90 Å². The van der Waals surface area contributed by atoms with Crippen LogP contribution in [0.15, 0.2) is 18.2 Å². The van der Waals surface area contributed by atoms with E-state index in [9.17, 15) is 4.79 Å². The predicted molar refractivity (Wildman–Crippen MR) is 52.6 cm³/mol. The third kappa shape index (κ3) is 1.69. The Morgan fingerprint density at radius 3 is 2.86 bits per heavy atom. The van der Waals surface area contributed by atoms with Gasteiger partial charge in [-0.15, -0.1) is 0 Å². The summed E-state index contributed by atoms with van der Waals surface area (Å²) in [6, 6.07) is 5.62. The van der Waals surface area contributed by atoms with Crippen molar-refractivity contribution in [3.05, 3.63) is 23.9 Å². The van der Waals surface area contributed by atoms with E-state index >= 15 is 0 Å². The normalized spacial score (nSPS) is 15.2. The summed E-state index contributed by atoms with van der Waals surface area (Å²) in [5.74, 6) is -0.233. The molecule has 0 aliphatic heterocycles. The average Bonchev–Trinajstić information content (AvgIpc) is 3.00. The fourth-order valence-electron chi connectivity index (χ4n) is 1.39. The molecule has 0 aromatic carbocycles. The quantitative estimate of drug-likeness (QED) is 0.786. The van der Waals surface area contributed by atoms with Gasteiger partial charge in [-0.05, 0) is 25.0 Å². The van der Waals surface area contributed by atoms with Gasteiger partial charge in [-0.1, -0.05) is 6.07 Å². The van der Waals surface area contributed by atoms with Crippen LogP contribution in [0.2, 0.25) is 0 Å². The number of nitrogens with zero attached hydrogens (tertiary/aromatic N) is 2. The van der Waals surface area contributed by atoms with Crippen LogP contribution in [0.25, 0.3) is 0 Å². The van der Waals surface area contributed by atoms with Gasteiger partial charge in [-0.25, -0.2) is 9.78 Å². The van der Waals surface area contributed by atoms with Crippen LogP contribution in [0.1, 0.15) is 23.3 Å². The maximum Gasteiger partial charge on any atom is 0.354 e. The molecule has 0 bridgehead atoms. The van der Waals surface area contributed by atoms with Crippen LogP contribution < -0.4 is 4.90 Å². The minimum Gasteiger partial charge on any atom is -0.477 e. The summed E-state index contributed by atoms with van der Waals surface area (Å²) in [6.07, 6.45) is 2.35. The van der Waals surface area contributed by atoms with E-state index in [0.717, 1.165) is 5.82 Å². The Balaban J connectivity index is 2.24. The highest BCUT2D eigenvalue weighted by atomic mass is 16.4. The van der Waals surface area contributed by atoms with E-state index in [1.807, 2.05) is 18.0 Å². The molecule has 0 unspecified atom stereocenters. The van der Waals surface area contributed by atoms with Crippen LogP contribution in [-0.4, -0.2) is 29.1 Å². The molecule has 0 atom stereocenters. The monoisotopic (exact) mass is 192 g/mol. The first-order valence-electron chi connectivity index (χ1n) is 4.61. The van der Waals surface area contributed by atoms with E-state index < -0.39 is 5.97 Å². The minimum absolute atomic E-state index is 0.106. The molecule has 2 rings (SSSR count). The van der Waals surface area contributed by atoms with Crippen molar-refractivity contribution in [1.29, 1.82) is 0 Å². The first-order chi connectivity index (χ1) is 6.68. The lowest BCUT2D eigenvalue weighted by Gasteiger charge is -2.17. The zero-order valence-corrected chi connectivity index (χ0v) is 7.97. The molecule has 14 heavy (non-hydrogen) atoms. The molecule has 1 aliphatic carbocycles. The number of hydrogen-bond acceptors (Lipinski definition) is 3. The number of hydrogen-bond donors (Lipinski definition) is 1. The number of rotatable bonds is 3. The Hall–Kier alpha value is -1.58. The molecule has 0 spiro atoms. The van der Waals surface area contributed by atoms with Crippen LogP contribution in [0.5, 0.6) is 0 Å². The van der Waals surface area contributed by atoms with Gasteiger partial charge in [-0.2, -0.15) is 0 Å². The number of aromatic nitrogens is 1. The molecular weight excluding hydrogens is 180 g/mol. The second-order valence-corrected chi connectivity index (χ2v) is 3.53. The lowest BCUT2D eigenvalue weighted by molar-refractivity contribution is 0.0690. The van der Waals surface area contributed by atoms with E-state index in [4.69, 9.17) is 5.11 Å². The Bertz CT molecular complexity index is 361. The number of carboxylic acids is 1. The highest BCUT2D eigenvalue weighted by Crippen LogP contribution is 2.28. The highest BCUT2D eigenvalue weighted by Gasteiger charge is 2.27. The zero-order chi connectivity index (χ0) is 10.1. The van der Waals surface area contributed by atoms with Gasteiger partial charge < -0.3 is 10.0 Å². The molecule has 1 aliphatic rings. The molecule has 0 amide bonds. The van der Waals surface area contributed by atoms with Crippen molar-refractivity contribution in [2.45, 2.75) is 18.9 Å². The Kier molecular flexibility index (Phi) is 2.11. The largest absolute Gasteiger partial charge is 0.477 e. The molecule has 1 aromatic rings. The lowest BCUT2D eigenvalue weighted by atomic mass is 10.3. The molecule has 4 heteroatoms. The van der Waals surface area contributed by atoms with Crippen LogP contribution in [-0.2, 0) is 0 Å². The molecule has 1 saturated carbocycles. The summed E-state index contributed by atoms with van der Waals surface area (Å²) in [5, 5.41) is 8.76. The number of anilines is 1. The molecule has 1 fully saturated rings. The molecular formula is C10H12N2O2. The average molecular weight is 192 g/mol. The molecule has 74 valence electrons. The predicted octanol–water partition coefficient (Wildman–Crippen LogP) is 1.38. The molecule has 1 aromatic heterocycles. The highest BCUT2D eigenvalue weighted by molar-refractivity contribution is 5.85. The molecule has 1 heterocycles. The van der Waals surface area contributed by atoms with E-state index in [1.54, 1.807) is 6.07 Å². The summed E-state index contributed by atoms with van der Waals surface area (Å²) in [7, 11) is 1.95. The maximum absolute atomic E-state index is 10.7. The lowest BCUT2D eigenvalue weighted by Crippen LogP contribution is -2.21. The summed E-state index contributed by atoms with van der Waals surface area (Å²) < 4.78 is 0. The van der Waals surface area contributed by atoms with Crippen molar-refractivity contribution in [3.8, 4) is 0 Å². The second-order valence-electron chi connectivity index (χ2n) is 3.53. The summed E-state index contributed by atoms with van der Waals surface area (Å²) >= 11 is 0. The third-order valence-corrected chi connectivity index (χ3v) is 2.41. The van der Waals surface area contributed by atoms with Crippen LogP contribution in [0.3, 0.4) is 0 Å². The molecule has 4 nitrogen and oxygen atoms in total. The number of aromatic carboxylic acids is 1. The number of carbonyl (C=O) groups is 1. The second kappa shape index (κ2) is 3.29. The third-order valence-electron chi connectivity index (χ3n) is 2.41. The van der Waals surface area contributed by atoms with Gasteiger partial charge in [0, 0.05) is 13.1 Å². The smallest absolute Gasteiger partial charge is 0.354 e. The van der Waals surface area contributed by atoms with Gasteiger partial charge in [0.05, 0.1) is 0 Å². The minimum atomic E-state index is -0.976. The van der Waals surface area contributed by atoms with E-state index in [1.165, 1.54) is 18.9 Å². The Labute approximate surface area is 82.2 Å². The van der Waals surface area contributed by atoms with Crippen molar-refractivity contribution in [2.75, 3.05) is 11.9 Å². The number of carboxylic acid groups (broad SMARTS) is 1. The van der Waals surface area contributed by atoms with Gasteiger partial charge in [0.2, 0.25) is 0 Å². The van der Waals surface area contributed by atoms with Crippen molar-refractivity contribution >= 4 is 11.8 Å². The Morgan fingerprint density at radius 1 is 1.57 bits per heavy atom. The first kappa shape index (κ1) is 8.99. The van der Waals surface area contributed by atoms with E-state index in [2.05, 4.69) is 4.98 Å². The summed E-state index contributed by atoms with van der Waals surface area (Å²) in [6.45, 7) is 0. The van der Waals surface area contributed by atoms with Gasteiger partial charge in [0.25, 0.3) is 0 Å². The van der Waals surface area contributed by atoms with Crippen LogP contribution >= 0.6 is 0 Å². The molecule has 0 radical (unpaired) electrons. The number of pyridine rings is 1.